The third kappa shape index (κ3) is 3.39. The molecule has 0 saturated carbocycles. The van der Waals surface area contributed by atoms with Gasteiger partial charge in [0.15, 0.2) is 0 Å². The summed E-state index contributed by atoms with van der Waals surface area (Å²) in [5.41, 5.74) is 2.59. The Bertz CT molecular complexity index is 951. The van der Waals surface area contributed by atoms with Gasteiger partial charge >= 0.3 is 0 Å². The summed E-state index contributed by atoms with van der Waals surface area (Å²) in [6.45, 7) is 8.58. The first kappa shape index (κ1) is 17.5. The molecule has 0 saturated heterocycles. The van der Waals surface area contributed by atoms with Crippen LogP contribution in [-0.2, 0) is 6.54 Å². The molecule has 0 radical (unpaired) electrons. The van der Waals surface area contributed by atoms with Crippen LogP contribution >= 0.6 is 11.3 Å². The van der Waals surface area contributed by atoms with Crippen LogP contribution in [0.4, 0.5) is 4.39 Å². The first-order chi connectivity index (χ1) is 11.9. The Balaban J connectivity index is 1.97. The molecule has 25 heavy (non-hydrogen) atoms. The van der Waals surface area contributed by atoms with Gasteiger partial charge in [0.25, 0.3) is 5.91 Å². The predicted molar refractivity (Wildman–Crippen MR) is 98.4 cm³/mol. The third-order valence-electron chi connectivity index (χ3n) is 4.21. The lowest BCUT2D eigenvalue weighted by Crippen LogP contribution is -2.30. The molecule has 0 unspecified atom stereocenters. The van der Waals surface area contributed by atoms with Gasteiger partial charge in [0.05, 0.1) is 4.88 Å². The Morgan fingerprint density at radius 2 is 2.00 bits per heavy atom. The van der Waals surface area contributed by atoms with Crippen LogP contribution in [0, 0.1) is 26.6 Å². The van der Waals surface area contributed by atoms with E-state index in [2.05, 4.69) is 9.97 Å². The highest BCUT2D eigenvalue weighted by molar-refractivity contribution is 7.20. The van der Waals surface area contributed by atoms with Gasteiger partial charge in [-0.15, -0.1) is 11.3 Å². The summed E-state index contributed by atoms with van der Waals surface area (Å²) < 4.78 is 13.4. The summed E-state index contributed by atoms with van der Waals surface area (Å²) in [7, 11) is 0. The highest BCUT2D eigenvalue weighted by atomic mass is 32.1. The number of benzene rings is 1. The molecule has 3 aromatic rings. The van der Waals surface area contributed by atoms with Crippen LogP contribution in [0.5, 0.6) is 0 Å². The Labute approximate surface area is 150 Å². The van der Waals surface area contributed by atoms with Crippen molar-refractivity contribution in [2.24, 2.45) is 0 Å². The molecule has 1 aromatic carbocycles. The van der Waals surface area contributed by atoms with E-state index in [4.69, 9.17) is 0 Å². The highest BCUT2D eigenvalue weighted by Gasteiger charge is 2.22. The summed E-state index contributed by atoms with van der Waals surface area (Å²) in [6.07, 6.45) is 0. The lowest BCUT2D eigenvalue weighted by Gasteiger charge is -2.20. The predicted octanol–water partition coefficient (Wildman–Crippen LogP) is 4.42. The fourth-order valence-corrected chi connectivity index (χ4v) is 4.25. The topological polar surface area (TPSA) is 46.1 Å². The second kappa shape index (κ2) is 6.88. The summed E-state index contributed by atoms with van der Waals surface area (Å²) in [5, 5.41) is 0.959. The number of thiophene rings is 1. The minimum absolute atomic E-state index is 0.0516. The Morgan fingerprint density at radius 3 is 2.68 bits per heavy atom. The maximum atomic E-state index is 13.4. The monoisotopic (exact) mass is 357 g/mol. The zero-order valence-electron chi connectivity index (χ0n) is 14.8. The van der Waals surface area contributed by atoms with Crippen LogP contribution in [0.15, 0.2) is 24.3 Å². The molecule has 1 amide bonds. The Hall–Kier alpha value is -2.34. The fraction of sp³-hybridized carbons (Fsp3) is 0.316. The third-order valence-corrected chi connectivity index (χ3v) is 5.38. The molecule has 6 heteroatoms. The van der Waals surface area contributed by atoms with Crippen molar-refractivity contribution in [2.75, 3.05) is 6.54 Å². The highest BCUT2D eigenvalue weighted by Crippen LogP contribution is 2.32. The minimum atomic E-state index is -0.291. The number of nitrogens with zero attached hydrogens (tertiary/aromatic N) is 3. The van der Waals surface area contributed by atoms with Crippen LogP contribution in [0.1, 0.15) is 39.2 Å². The number of fused-ring (bicyclic) bond motifs is 1. The Morgan fingerprint density at radius 1 is 1.24 bits per heavy atom. The van der Waals surface area contributed by atoms with E-state index in [1.165, 1.54) is 23.5 Å². The van der Waals surface area contributed by atoms with Crippen molar-refractivity contribution in [3.63, 3.8) is 0 Å². The van der Waals surface area contributed by atoms with Gasteiger partial charge < -0.3 is 4.90 Å². The standard InChI is InChI=1S/C19H20FN3OS/c1-5-23(10-14-7-6-8-15(20)9-14)19(24)17-11(2)16-12(3)21-13(4)22-18(16)25-17/h6-9H,5,10H2,1-4H3. The molecule has 0 aliphatic carbocycles. The van der Waals surface area contributed by atoms with Gasteiger partial charge in [-0.25, -0.2) is 14.4 Å². The van der Waals surface area contributed by atoms with Gasteiger partial charge in [-0.2, -0.15) is 0 Å². The second-order valence-electron chi connectivity index (χ2n) is 6.04. The lowest BCUT2D eigenvalue weighted by atomic mass is 10.1. The van der Waals surface area contributed by atoms with Crippen LogP contribution < -0.4 is 0 Å². The van der Waals surface area contributed by atoms with E-state index >= 15 is 0 Å². The molecule has 2 heterocycles. The van der Waals surface area contributed by atoms with E-state index < -0.39 is 0 Å². The number of aromatic nitrogens is 2. The molecule has 0 bridgehead atoms. The smallest absolute Gasteiger partial charge is 0.264 e. The normalized spacial score (nSPS) is 11.1. The molecule has 130 valence electrons. The van der Waals surface area contributed by atoms with Crippen LogP contribution in [0.2, 0.25) is 0 Å². The molecule has 0 aliphatic rings. The number of hydrogen-bond donors (Lipinski definition) is 0. The van der Waals surface area contributed by atoms with Gasteiger partial charge in [0.1, 0.15) is 16.5 Å². The first-order valence-electron chi connectivity index (χ1n) is 8.18. The lowest BCUT2D eigenvalue weighted by molar-refractivity contribution is 0.0756. The zero-order valence-corrected chi connectivity index (χ0v) is 15.6. The maximum Gasteiger partial charge on any atom is 0.264 e. The summed E-state index contributed by atoms with van der Waals surface area (Å²) in [5.74, 6) is 0.363. The summed E-state index contributed by atoms with van der Waals surface area (Å²) in [4.78, 5) is 25.2. The van der Waals surface area contributed by atoms with Gasteiger partial charge in [-0.3, -0.25) is 4.79 Å². The summed E-state index contributed by atoms with van der Waals surface area (Å²) in [6, 6.07) is 6.36. The Kier molecular flexibility index (Phi) is 4.81. The van der Waals surface area contributed by atoms with Crippen molar-refractivity contribution in [1.29, 1.82) is 0 Å². The van der Waals surface area contributed by atoms with Crippen LogP contribution in [-0.4, -0.2) is 27.3 Å². The average molecular weight is 357 g/mol. The van der Waals surface area contributed by atoms with Gasteiger partial charge in [-0.05, 0) is 51.0 Å². The van der Waals surface area contributed by atoms with Gasteiger partial charge in [-0.1, -0.05) is 12.1 Å². The average Bonchev–Trinajstić information content (AvgIpc) is 2.88. The van der Waals surface area contributed by atoms with Crippen molar-refractivity contribution >= 4 is 27.5 Å². The number of halogens is 1. The van der Waals surface area contributed by atoms with Crippen molar-refractivity contribution in [3.05, 3.63) is 57.6 Å². The van der Waals surface area contributed by atoms with Crippen molar-refractivity contribution in [2.45, 2.75) is 34.2 Å². The van der Waals surface area contributed by atoms with E-state index in [0.29, 0.717) is 23.8 Å². The van der Waals surface area contributed by atoms with Crippen molar-refractivity contribution in [3.8, 4) is 0 Å². The molecule has 0 atom stereocenters. The minimum Gasteiger partial charge on any atom is -0.334 e. The first-order valence-corrected chi connectivity index (χ1v) is 9.00. The molecule has 3 rings (SSSR count). The van der Waals surface area contributed by atoms with E-state index in [9.17, 15) is 9.18 Å². The number of rotatable bonds is 4. The number of carbonyl (C=O) groups is 1. The molecular formula is C19H20FN3OS. The quantitative estimate of drug-likeness (QED) is 0.694. The van der Waals surface area contributed by atoms with Crippen molar-refractivity contribution < 1.29 is 9.18 Å². The van der Waals surface area contributed by atoms with E-state index in [0.717, 1.165) is 27.0 Å². The molecule has 0 N–H and O–H groups in total. The van der Waals surface area contributed by atoms with Gasteiger partial charge in [0, 0.05) is 24.2 Å². The number of hydrogen-bond acceptors (Lipinski definition) is 4. The van der Waals surface area contributed by atoms with E-state index in [-0.39, 0.29) is 11.7 Å². The zero-order chi connectivity index (χ0) is 18.1. The number of carbonyl (C=O) groups excluding carboxylic acids is 1. The van der Waals surface area contributed by atoms with E-state index in [1.54, 1.807) is 11.0 Å². The molecule has 4 nitrogen and oxygen atoms in total. The molecule has 0 fully saturated rings. The molecular weight excluding hydrogens is 337 g/mol. The second-order valence-corrected chi connectivity index (χ2v) is 7.04. The molecule has 0 aliphatic heterocycles. The maximum absolute atomic E-state index is 13.4. The molecule has 2 aromatic heterocycles. The summed E-state index contributed by atoms with van der Waals surface area (Å²) >= 11 is 1.40. The largest absolute Gasteiger partial charge is 0.334 e. The number of aryl methyl sites for hydroxylation is 3. The SMILES string of the molecule is CCN(Cc1cccc(F)c1)C(=O)c1sc2nc(C)nc(C)c2c1C. The fourth-order valence-electron chi connectivity index (χ4n) is 3.00. The van der Waals surface area contributed by atoms with E-state index in [1.807, 2.05) is 33.8 Å². The van der Waals surface area contributed by atoms with Crippen molar-refractivity contribution in [1.82, 2.24) is 14.9 Å². The van der Waals surface area contributed by atoms with Crippen LogP contribution in [0.25, 0.3) is 10.2 Å². The van der Waals surface area contributed by atoms with Crippen LogP contribution in [0.3, 0.4) is 0 Å². The number of amides is 1. The van der Waals surface area contributed by atoms with Gasteiger partial charge in [0.2, 0.25) is 0 Å². The molecule has 0 spiro atoms.